The number of rotatable bonds is 5. The number of piperidine rings is 1. The van der Waals surface area contributed by atoms with Crippen molar-refractivity contribution in [3.05, 3.63) is 30.5 Å². The summed E-state index contributed by atoms with van der Waals surface area (Å²) < 4.78 is 4.09. The minimum atomic E-state index is 0.374. The summed E-state index contributed by atoms with van der Waals surface area (Å²) in [7, 11) is 1.95. The van der Waals surface area contributed by atoms with Gasteiger partial charge in [0.1, 0.15) is 11.2 Å². The number of aryl methyl sites for hydroxylation is 1. The number of imidazole rings is 1. The van der Waals surface area contributed by atoms with Crippen molar-refractivity contribution in [2.45, 2.75) is 52.0 Å². The fraction of sp³-hybridized carbons (Fsp3) is 0.571. The van der Waals surface area contributed by atoms with E-state index in [1.54, 1.807) is 0 Å². The van der Waals surface area contributed by atoms with E-state index >= 15 is 0 Å². The SMILES string of the molecule is CCCN1CCC(c2cc3c(ncn3C(C)C)c(-c3cnn(C)c3)n2)CC1. The summed E-state index contributed by atoms with van der Waals surface area (Å²) in [5.74, 6) is 0.522. The molecule has 0 aromatic carbocycles. The lowest BCUT2D eigenvalue weighted by Crippen LogP contribution is -2.33. The van der Waals surface area contributed by atoms with Gasteiger partial charge in [-0.05, 0) is 58.8 Å². The van der Waals surface area contributed by atoms with Crippen molar-refractivity contribution >= 4 is 11.0 Å². The van der Waals surface area contributed by atoms with E-state index in [4.69, 9.17) is 9.97 Å². The second-order valence-corrected chi connectivity index (χ2v) is 8.03. The number of nitrogens with zero attached hydrogens (tertiary/aromatic N) is 6. The molecule has 0 spiro atoms. The fourth-order valence-corrected chi connectivity index (χ4v) is 4.18. The zero-order valence-corrected chi connectivity index (χ0v) is 16.9. The monoisotopic (exact) mass is 366 g/mol. The molecule has 4 heterocycles. The van der Waals surface area contributed by atoms with Gasteiger partial charge >= 0.3 is 0 Å². The summed E-state index contributed by atoms with van der Waals surface area (Å²) in [6, 6.07) is 2.65. The molecule has 27 heavy (non-hydrogen) atoms. The largest absolute Gasteiger partial charge is 0.328 e. The Labute approximate surface area is 161 Å². The van der Waals surface area contributed by atoms with Gasteiger partial charge in [0, 0.05) is 36.5 Å². The Morgan fingerprint density at radius 2 is 2.00 bits per heavy atom. The Morgan fingerprint density at radius 1 is 1.22 bits per heavy atom. The maximum atomic E-state index is 5.10. The van der Waals surface area contributed by atoms with Crippen LogP contribution in [0.3, 0.4) is 0 Å². The van der Waals surface area contributed by atoms with Crippen LogP contribution in [0.15, 0.2) is 24.8 Å². The highest BCUT2D eigenvalue weighted by molar-refractivity contribution is 5.89. The van der Waals surface area contributed by atoms with Crippen LogP contribution in [0.4, 0.5) is 0 Å². The maximum absolute atomic E-state index is 5.10. The summed E-state index contributed by atoms with van der Waals surface area (Å²) in [6.07, 6.45) is 9.47. The van der Waals surface area contributed by atoms with Gasteiger partial charge in [-0.25, -0.2) is 9.97 Å². The molecule has 0 atom stereocenters. The molecule has 3 aromatic rings. The molecule has 3 aromatic heterocycles. The third kappa shape index (κ3) is 3.50. The van der Waals surface area contributed by atoms with Crippen LogP contribution in [-0.2, 0) is 7.05 Å². The van der Waals surface area contributed by atoms with Crippen LogP contribution in [0, 0.1) is 0 Å². The topological polar surface area (TPSA) is 51.8 Å². The summed E-state index contributed by atoms with van der Waals surface area (Å²) in [5, 5.41) is 4.35. The molecule has 0 unspecified atom stereocenters. The van der Waals surface area contributed by atoms with Crippen LogP contribution >= 0.6 is 0 Å². The van der Waals surface area contributed by atoms with Crippen LogP contribution in [0.1, 0.15) is 57.7 Å². The van der Waals surface area contributed by atoms with E-state index in [1.807, 2.05) is 30.5 Å². The highest BCUT2D eigenvalue weighted by atomic mass is 15.2. The van der Waals surface area contributed by atoms with Crippen LogP contribution in [0.25, 0.3) is 22.3 Å². The van der Waals surface area contributed by atoms with Gasteiger partial charge < -0.3 is 9.47 Å². The average Bonchev–Trinajstić information content (AvgIpc) is 3.28. The van der Waals surface area contributed by atoms with Gasteiger partial charge in [0.25, 0.3) is 0 Å². The van der Waals surface area contributed by atoms with Crippen LogP contribution < -0.4 is 0 Å². The fourth-order valence-electron chi connectivity index (χ4n) is 4.18. The molecule has 1 saturated heterocycles. The summed E-state index contributed by atoms with van der Waals surface area (Å²) >= 11 is 0. The van der Waals surface area contributed by atoms with E-state index in [0.717, 1.165) is 16.8 Å². The molecule has 0 radical (unpaired) electrons. The standard InChI is InChI=1S/C21H30N6/c1-5-8-26-9-6-16(7-10-26)18-11-19-21(22-14-27(19)15(2)3)20(24-18)17-12-23-25(4)13-17/h11-16H,5-10H2,1-4H3. The lowest BCUT2D eigenvalue weighted by Gasteiger charge is -2.31. The number of pyridine rings is 1. The van der Waals surface area contributed by atoms with E-state index in [9.17, 15) is 0 Å². The van der Waals surface area contributed by atoms with Crippen molar-refractivity contribution in [2.24, 2.45) is 7.05 Å². The first kappa shape index (κ1) is 18.2. The molecule has 0 bridgehead atoms. The Kier molecular flexibility index (Phi) is 5.00. The first-order chi connectivity index (χ1) is 13.1. The second kappa shape index (κ2) is 7.43. The Balaban J connectivity index is 1.76. The van der Waals surface area contributed by atoms with E-state index in [0.29, 0.717) is 12.0 Å². The van der Waals surface area contributed by atoms with Crippen LogP contribution in [-0.4, -0.2) is 48.8 Å². The van der Waals surface area contributed by atoms with Crippen molar-refractivity contribution in [2.75, 3.05) is 19.6 Å². The average molecular weight is 367 g/mol. The van der Waals surface area contributed by atoms with Crippen molar-refractivity contribution in [3.63, 3.8) is 0 Å². The molecule has 1 fully saturated rings. The normalized spacial score (nSPS) is 16.6. The molecule has 0 saturated carbocycles. The second-order valence-electron chi connectivity index (χ2n) is 8.03. The van der Waals surface area contributed by atoms with Gasteiger partial charge in [0.2, 0.25) is 0 Å². The van der Waals surface area contributed by atoms with E-state index in [1.165, 1.54) is 50.1 Å². The zero-order chi connectivity index (χ0) is 19.0. The molecule has 0 N–H and O–H groups in total. The molecule has 4 rings (SSSR count). The molecule has 0 amide bonds. The van der Waals surface area contributed by atoms with Crippen LogP contribution in [0.5, 0.6) is 0 Å². The molecule has 6 heteroatoms. The lowest BCUT2D eigenvalue weighted by atomic mass is 9.92. The maximum Gasteiger partial charge on any atom is 0.115 e. The zero-order valence-electron chi connectivity index (χ0n) is 16.9. The Bertz CT molecular complexity index is 914. The van der Waals surface area contributed by atoms with Gasteiger partial charge in [-0.3, -0.25) is 4.68 Å². The Morgan fingerprint density at radius 3 is 2.63 bits per heavy atom. The lowest BCUT2D eigenvalue weighted by molar-refractivity contribution is 0.211. The summed E-state index contributed by atoms with van der Waals surface area (Å²) in [6.45, 7) is 10.2. The van der Waals surface area contributed by atoms with Gasteiger partial charge in [0.15, 0.2) is 0 Å². The van der Waals surface area contributed by atoms with E-state index in [2.05, 4.69) is 41.4 Å². The Hall–Kier alpha value is -2.21. The predicted molar refractivity (Wildman–Crippen MR) is 109 cm³/mol. The van der Waals surface area contributed by atoms with E-state index in [-0.39, 0.29) is 0 Å². The van der Waals surface area contributed by atoms with E-state index < -0.39 is 0 Å². The molecule has 1 aliphatic rings. The quantitative estimate of drug-likeness (QED) is 0.685. The third-order valence-corrected chi connectivity index (χ3v) is 5.66. The number of aromatic nitrogens is 5. The summed E-state index contributed by atoms with van der Waals surface area (Å²) in [5.41, 5.74) is 5.38. The molecular weight excluding hydrogens is 336 g/mol. The van der Waals surface area contributed by atoms with Crippen LogP contribution in [0.2, 0.25) is 0 Å². The minimum absolute atomic E-state index is 0.374. The van der Waals surface area contributed by atoms with Gasteiger partial charge in [-0.2, -0.15) is 5.10 Å². The van der Waals surface area contributed by atoms with Crippen molar-refractivity contribution in [1.82, 2.24) is 29.2 Å². The number of hydrogen-bond donors (Lipinski definition) is 0. The molecule has 1 aliphatic heterocycles. The van der Waals surface area contributed by atoms with Crippen molar-refractivity contribution in [3.8, 4) is 11.3 Å². The molecule has 144 valence electrons. The first-order valence-electron chi connectivity index (χ1n) is 10.2. The molecule has 6 nitrogen and oxygen atoms in total. The third-order valence-electron chi connectivity index (χ3n) is 5.66. The van der Waals surface area contributed by atoms with Crippen molar-refractivity contribution in [1.29, 1.82) is 0 Å². The van der Waals surface area contributed by atoms with Gasteiger partial charge in [0.05, 0.1) is 18.0 Å². The minimum Gasteiger partial charge on any atom is -0.328 e. The number of fused-ring (bicyclic) bond motifs is 1. The highest BCUT2D eigenvalue weighted by Crippen LogP contribution is 2.33. The number of hydrogen-bond acceptors (Lipinski definition) is 4. The highest BCUT2D eigenvalue weighted by Gasteiger charge is 2.24. The van der Waals surface area contributed by atoms with Gasteiger partial charge in [-0.15, -0.1) is 0 Å². The molecule has 0 aliphatic carbocycles. The first-order valence-corrected chi connectivity index (χ1v) is 10.2. The summed E-state index contributed by atoms with van der Waals surface area (Å²) in [4.78, 5) is 12.4. The van der Waals surface area contributed by atoms with Crippen molar-refractivity contribution < 1.29 is 0 Å². The molecular formula is C21H30N6. The predicted octanol–water partition coefficient (Wildman–Crippen LogP) is 4.00. The smallest absolute Gasteiger partial charge is 0.115 e. The van der Waals surface area contributed by atoms with Gasteiger partial charge in [-0.1, -0.05) is 6.92 Å². The number of likely N-dealkylation sites (tertiary alicyclic amines) is 1.